The molecule has 1 unspecified atom stereocenters. The summed E-state index contributed by atoms with van der Waals surface area (Å²) < 4.78 is 45.1. The van der Waals surface area contributed by atoms with Gasteiger partial charge in [-0.05, 0) is 6.42 Å². The highest BCUT2D eigenvalue weighted by molar-refractivity contribution is 7.96. The third-order valence-corrected chi connectivity index (χ3v) is 6.47. The van der Waals surface area contributed by atoms with E-state index in [1.165, 1.54) is 0 Å². The monoisotopic (exact) mass is 256 g/mol. The molecule has 0 aromatic heterocycles. The van der Waals surface area contributed by atoms with E-state index in [0.717, 1.165) is 0 Å². The standard InChI is InChI=1S/C7H12O6S2/c8-7(9)2-4-15(12,13)6-1-3-14(10,11)5-6/h6H,1-5H2,(H,8,9). The van der Waals surface area contributed by atoms with Crippen LogP contribution >= 0.6 is 0 Å². The quantitative estimate of drug-likeness (QED) is 0.696. The maximum atomic E-state index is 11.5. The molecule has 0 aliphatic carbocycles. The topological polar surface area (TPSA) is 106 Å². The number of carboxylic acids is 1. The fraction of sp³-hybridized carbons (Fsp3) is 0.857. The summed E-state index contributed by atoms with van der Waals surface area (Å²) in [5.74, 6) is -2.17. The third-order valence-electron chi connectivity index (χ3n) is 2.30. The van der Waals surface area contributed by atoms with Crippen molar-refractivity contribution in [3.8, 4) is 0 Å². The normalized spacial score (nSPS) is 25.2. The molecule has 0 saturated carbocycles. The van der Waals surface area contributed by atoms with E-state index in [1.54, 1.807) is 0 Å². The number of carbonyl (C=O) groups is 1. The van der Waals surface area contributed by atoms with Gasteiger partial charge < -0.3 is 5.11 Å². The van der Waals surface area contributed by atoms with Crippen LogP contribution in [0.1, 0.15) is 12.8 Å². The Morgan fingerprint density at radius 1 is 1.40 bits per heavy atom. The van der Waals surface area contributed by atoms with Gasteiger partial charge in [0.25, 0.3) is 0 Å². The summed E-state index contributed by atoms with van der Waals surface area (Å²) in [5.41, 5.74) is 0. The molecule has 8 heteroatoms. The molecule has 15 heavy (non-hydrogen) atoms. The van der Waals surface area contributed by atoms with E-state index in [1.807, 2.05) is 0 Å². The minimum atomic E-state index is -3.59. The van der Waals surface area contributed by atoms with Gasteiger partial charge >= 0.3 is 5.97 Å². The SMILES string of the molecule is O=C(O)CCS(=O)(=O)C1CCS(=O)(=O)C1. The van der Waals surface area contributed by atoms with E-state index < -0.39 is 43.1 Å². The molecule has 1 aliphatic heterocycles. The molecular formula is C7H12O6S2. The van der Waals surface area contributed by atoms with Crippen molar-refractivity contribution in [2.45, 2.75) is 18.1 Å². The molecule has 0 spiro atoms. The van der Waals surface area contributed by atoms with Gasteiger partial charge in [0.1, 0.15) is 0 Å². The Labute approximate surface area is 88.1 Å². The van der Waals surface area contributed by atoms with Crippen molar-refractivity contribution in [3.63, 3.8) is 0 Å². The second-order valence-corrected chi connectivity index (χ2v) is 8.17. The summed E-state index contributed by atoms with van der Waals surface area (Å²) in [6.45, 7) is 0. The second kappa shape index (κ2) is 4.09. The Bertz CT molecular complexity index is 446. The lowest BCUT2D eigenvalue weighted by Gasteiger charge is -2.07. The summed E-state index contributed by atoms with van der Waals surface area (Å²) in [7, 11) is -6.83. The number of hydrogen-bond donors (Lipinski definition) is 1. The highest BCUT2D eigenvalue weighted by atomic mass is 32.2. The van der Waals surface area contributed by atoms with Crippen molar-refractivity contribution in [1.29, 1.82) is 0 Å². The predicted molar refractivity (Wildman–Crippen MR) is 53.1 cm³/mol. The van der Waals surface area contributed by atoms with Crippen molar-refractivity contribution >= 4 is 25.6 Å². The Hall–Kier alpha value is -0.630. The molecule has 88 valence electrons. The van der Waals surface area contributed by atoms with Gasteiger partial charge in [-0.25, -0.2) is 16.8 Å². The second-order valence-electron chi connectivity index (χ2n) is 3.54. The molecule has 1 heterocycles. The number of carboxylic acid groups (broad SMARTS) is 1. The zero-order valence-corrected chi connectivity index (χ0v) is 9.55. The first-order chi connectivity index (χ1) is 6.73. The molecule has 0 radical (unpaired) electrons. The summed E-state index contributed by atoms with van der Waals surface area (Å²) in [6.07, 6.45) is -0.386. The van der Waals surface area contributed by atoms with Crippen molar-refractivity contribution in [3.05, 3.63) is 0 Å². The van der Waals surface area contributed by atoms with Crippen LogP contribution in [0.5, 0.6) is 0 Å². The minimum absolute atomic E-state index is 0.0876. The van der Waals surface area contributed by atoms with E-state index >= 15 is 0 Å². The zero-order chi connectivity index (χ0) is 11.7. The lowest BCUT2D eigenvalue weighted by Crippen LogP contribution is -2.26. The van der Waals surface area contributed by atoms with Crippen molar-refractivity contribution < 1.29 is 26.7 Å². The smallest absolute Gasteiger partial charge is 0.304 e. The third kappa shape index (κ3) is 3.45. The van der Waals surface area contributed by atoms with Crippen LogP contribution in [0.3, 0.4) is 0 Å². The Morgan fingerprint density at radius 3 is 2.40 bits per heavy atom. The molecule has 0 amide bonds. The first-order valence-electron chi connectivity index (χ1n) is 4.37. The fourth-order valence-corrected chi connectivity index (χ4v) is 5.85. The molecule has 1 rings (SSSR count). The predicted octanol–water partition coefficient (Wildman–Crippen LogP) is -0.937. The van der Waals surface area contributed by atoms with Crippen LogP contribution in [0.25, 0.3) is 0 Å². The summed E-state index contributed by atoms with van der Waals surface area (Å²) in [4.78, 5) is 10.2. The van der Waals surface area contributed by atoms with Crippen LogP contribution in [0, 0.1) is 0 Å². The van der Waals surface area contributed by atoms with Gasteiger partial charge in [-0.2, -0.15) is 0 Å². The Morgan fingerprint density at radius 2 is 2.00 bits per heavy atom. The molecule has 1 N–H and O–H groups in total. The molecule has 1 atom stereocenters. The maximum Gasteiger partial charge on any atom is 0.304 e. The zero-order valence-electron chi connectivity index (χ0n) is 7.92. The van der Waals surface area contributed by atoms with Gasteiger partial charge in [0.15, 0.2) is 19.7 Å². The average Bonchev–Trinajstić information content (AvgIpc) is 2.43. The van der Waals surface area contributed by atoms with Gasteiger partial charge in [-0.1, -0.05) is 0 Å². The summed E-state index contributed by atoms with van der Waals surface area (Å²) in [6, 6.07) is 0. The van der Waals surface area contributed by atoms with Gasteiger partial charge in [0.05, 0.1) is 28.9 Å². The van der Waals surface area contributed by atoms with E-state index in [4.69, 9.17) is 5.11 Å². The molecule has 1 fully saturated rings. The number of hydrogen-bond acceptors (Lipinski definition) is 5. The summed E-state index contributed by atoms with van der Waals surface area (Å²) >= 11 is 0. The van der Waals surface area contributed by atoms with E-state index in [0.29, 0.717) is 0 Å². The van der Waals surface area contributed by atoms with Gasteiger partial charge in [0, 0.05) is 0 Å². The minimum Gasteiger partial charge on any atom is -0.481 e. The molecule has 1 saturated heterocycles. The highest BCUT2D eigenvalue weighted by Gasteiger charge is 2.36. The van der Waals surface area contributed by atoms with Crippen molar-refractivity contribution in [1.82, 2.24) is 0 Å². The molecular weight excluding hydrogens is 244 g/mol. The molecule has 0 bridgehead atoms. The van der Waals surface area contributed by atoms with Crippen molar-refractivity contribution in [2.24, 2.45) is 0 Å². The number of sulfone groups is 2. The van der Waals surface area contributed by atoms with Crippen LogP contribution in [-0.2, 0) is 24.5 Å². The van der Waals surface area contributed by atoms with E-state index in [-0.39, 0.29) is 17.9 Å². The van der Waals surface area contributed by atoms with Gasteiger partial charge in [-0.3, -0.25) is 4.79 Å². The largest absolute Gasteiger partial charge is 0.481 e. The summed E-state index contributed by atoms with van der Waals surface area (Å²) in [5, 5.41) is 7.42. The Kier molecular flexibility index (Phi) is 3.39. The van der Waals surface area contributed by atoms with Crippen LogP contribution in [-0.4, -0.2) is 50.4 Å². The van der Waals surface area contributed by atoms with E-state index in [9.17, 15) is 21.6 Å². The van der Waals surface area contributed by atoms with Gasteiger partial charge in [-0.15, -0.1) is 0 Å². The van der Waals surface area contributed by atoms with Crippen LogP contribution in [0.2, 0.25) is 0 Å². The number of rotatable bonds is 4. The lowest BCUT2D eigenvalue weighted by molar-refractivity contribution is -0.136. The Balaban J connectivity index is 2.68. The highest BCUT2D eigenvalue weighted by Crippen LogP contribution is 2.19. The molecule has 0 aromatic rings. The van der Waals surface area contributed by atoms with Crippen LogP contribution in [0.4, 0.5) is 0 Å². The fourth-order valence-electron chi connectivity index (χ4n) is 1.44. The van der Waals surface area contributed by atoms with Crippen LogP contribution < -0.4 is 0 Å². The number of aliphatic carboxylic acids is 1. The van der Waals surface area contributed by atoms with Gasteiger partial charge in [0.2, 0.25) is 0 Å². The molecule has 6 nitrogen and oxygen atoms in total. The first-order valence-corrected chi connectivity index (χ1v) is 7.90. The first kappa shape index (κ1) is 12.4. The van der Waals surface area contributed by atoms with Crippen LogP contribution in [0.15, 0.2) is 0 Å². The lowest BCUT2D eigenvalue weighted by atomic mass is 10.4. The van der Waals surface area contributed by atoms with Crippen molar-refractivity contribution in [2.75, 3.05) is 17.3 Å². The maximum absolute atomic E-state index is 11.5. The molecule has 0 aromatic carbocycles. The van der Waals surface area contributed by atoms with E-state index in [2.05, 4.69) is 0 Å². The average molecular weight is 256 g/mol. The molecule has 1 aliphatic rings.